The molecule has 1 aromatic carbocycles. The van der Waals surface area contributed by atoms with Crippen molar-refractivity contribution in [2.75, 3.05) is 6.61 Å². The van der Waals surface area contributed by atoms with E-state index in [9.17, 15) is 0 Å². The van der Waals surface area contributed by atoms with E-state index in [1.54, 1.807) is 0 Å². The van der Waals surface area contributed by atoms with Crippen LogP contribution in [0.25, 0.3) is 0 Å². The van der Waals surface area contributed by atoms with Gasteiger partial charge in [0.2, 0.25) is 0 Å². The van der Waals surface area contributed by atoms with Crippen molar-refractivity contribution in [3.05, 3.63) is 42.0 Å². The molecule has 190 valence electrons. The smallest absolute Gasteiger partial charge is 0.119 e. The molecule has 0 bridgehead atoms. The van der Waals surface area contributed by atoms with Gasteiger partial charge in [0.25, 0.3) is 0 Å². The van der Waals surface area contributed by atoms with Crippen LogP contribution in [0, 0.1) is 29.6 Å². The summed E-state index contributed by atoms with van der Waals surface area (Å²) >= 11 is 0. The highest BCUT2D eigenvalue weighted by atomic mass is 16.5. The second-order valence-corrected chi connectivity index (χ2v) is 12.0. The van der Waals surface area contributed by atoms with Crippen molar-refractivity contribution in [2.24, 2.45) is 29.6 Å². The normalized spacial score (nSPS) is 31.9. The summed E-state index contributed by atoms with van der Waals surface area (Å²) in [6.07, 6.45) is 27.8. The Morgan fingerprint density at radius 1 is 0.676 bits per heavy atom. The molecule has 34 heavy (non-hydrogen) atoms. The molecule has 0 saturated heterocycles. The minimum Gasteiger partial charge on any atom is -0.493 e. The van der Waals surface area contributed by atoms with E-state index in [1.807, 2.05) is 0 Å². The standard InChI is InChI=1S/C33H52O/c1-3-5-6-8-27-11-17-29(18-12-27)31-19-13-28(14-20-31)25-34-33-23-21-32(22-24-33)30-15-9-26(7-4-2)10-16-30/h13,19,21-24,26-31H,3-12,14-18,20,25H2,1-2H3. The van der Waals surface area contributed by atoms with Crippen LogP contribution in [0.3, 0.4) is 0 Å². The number of hydrogen-bond donors (Lipinski definition) is 0. The van der Waals surface area contributed by atoms with Crippen LogP contribution < -0.4 is 4.74 Å². The van der Waals surface area contributed by atoms with Gasteiger partial charge in [-0.1, -0.05) is 89.5 Å². The predicted octanol–water partition coefficient (Wildman–Crippen LogP) is 10.1. The topological polar surface area (TPSA) is 9.23 Å². The first-order valence-electron chi connectivity index (χ1n) is 15.2. The van der Waals surface area contributed by atoms with Gasteiger partial charge in [0.15, 0.2) is 0 Å². The molecular formula is C33H52O. The average molecular weight is 465 g/mol. The largest absolute Gasteiger partial charge is 0.493 e. The first kappa shape index (κ1) is 25.8. The van der Waals surface area contributed by atoms with Crippen LogP contribution >= 0.6 is 0 Å². The van der Waals surface area contributed by atoms with Gasteiger partial charge in [-0.25, -0.2) is 0 Å². The van der Waals surface area contributed by atoms with E-state index in [-0.39, 0.29) is 0 Å². The Morgan fingerprint density at radius 3 is 2.03 bits per heavy atom. The van der Waals surface area contributed by atoms with Gasteiger partial charge in [-0.3, -0.25) is 0 Å². The number of ether oxygens (including phenoxy) is 1. The SMILES string of the molecule is CCCCCC1CCC(C2C=CC(COc3ccc(C4CCC(CCC)CC4)cc3)CC2)CC1. The zero-order chi connectivity index (χ0) is 23.6. The van der Waals surface area contributed by atoms with Crippen molar-refractivity contribution in [2.45, 2.75) is 122 Å². The summed E-state index contributed by atoms with van der Waals surface area (Å²) in [5.41, 5.74) is 1.53. The maximum absolute atomic E-state index is 6.23. The molecule has 1 aromatic rings. The third-order valence-electron chi connectivity index (χ3n) is 9.57. The zero-order valence-electron chi connectivity index (χ0n) is 22.4. The summed E-state index contributed by atoms with van der Waals surface area (Å²) in [5.74, 6) is 6.21. The van der Waals surface area contributed by atoms with Crippen LogP contribution in [-0.4, -0.2) is 6.61 Å². The van der Waals surface area contributed by atoms with Gasteiger partial charge in [-0.15, -0.1) is 0 Å². The maximum Gasteiger partial charge on any atom is 0.119 e. The Morgan fingerprint density at radius 2 is 1.38 bits per heavy atom. The van der Waals surface area contributed by atoms with Gasteiger partial charge < -0.3 is 4.74 Å². The zero-order valence-corrected chi connectivity index (χ0v) is 22.4. The first-order valence-corrected chi connectivity index (χ1v) is 15.2. The Labute approximate surface area is 211 Å². The lowest BCUT2D eigenvalue weighted by Gasteiger charge is -2.35. The molecule has 3 aliphatic rings. The van der Waals surface area contributed by atoms with E-state index >= 15 is 0 Å². The summed E-state index contributed by atoms with van der Waals surface area (Å²) in [6, 6.07) is 9.13. The molecule has 0 aliphatic heterocycles. The summed E-state index contributed by atoms with van der Waals surface area (Å²) in [5, 5.41) is 0. The quantitative estimate of drug-likeness (QED) is 0.234. The molecule has 2 atom stereocenters. The fourth-order valence-corrected chi connectivity index (χ4v) is 7.25. The van der Waals surface area contributed by atoms with Crippen LogP contribution in [0.5, 0.6) is 5.75 Å². The summed E-state index contributed by atoms with van der Waals surface area (Å²) in [7, 11) is 0. The molecular weight excluding hydrogens is 412 g/mol. The van der Waals surface area contributed by atoms with Crippen molar-refractivity contribution >= 4 is 0 Å². The van der Waals surface area contributed by atoms with Gasteiger partial charge in [-0.05, 0) is 98.7 Å². The van der Waals surface area contributed by atoms with Crippen LogP contribution in [0.1, 0.15) is 128 Å². The lowest BCUT2D eigenvalue weighted by Crippen LogP contribution is -2.24. The van der Waals surface area contributed by atoms with Crippen LogP contribution in [0.2, 0.25) is 0 Å². The molecule has 1 nitrogen and oxygen atoms in total. The monoisotopic (exact) mass is 464 g/mol. The van der Waals surface area contributed by atoms with Gasteiger partial charge in [0.05, 0.1) is 6.61 Å². The van der Waals surface area contributed by atoms with E-state index < -0.39 is 0 Å². The second kappa shape index (κ2) is 13.7. The third kappa shape index (κ3) is 7.63. The van der Waals surface area contributed by atoms with Crippen molar-refractivity contribution in [3.63, 3.8) is 0 Å². The Bertz CT molecular complexity index is 703. The van der Waals surface area contributed by atoms with E-state index in [1.165, 1.54) is 108 Å². The number of benzene rings is 1. The Hall–Kier alpha value is -1.24. The molecule has 0 aromatic heterocycles. The lowest BCUT2D eigenvalue weighted by molar-refractivity contribution is 0.192. The van der Waals surface area contributed by atoms with Crippen molar-refractivity contribution in [3.8, 4) is 5.75 Å². The second-order valence-electron chi connectivity index (χ2n) is 12.0. The summed E-state index contributed by atoms with van der Waals surface area (Å²) < 4.78 is 6.23. The highest BCUT2D eigenvalue weighted by molar-refractivity contribution is 5.29. The minimum atomic E-state index is 0.593. The van der Waals surface area contributed by atoms with Gasteiger partial charge in [0, 0.05) is 5.92 Å². The lowest BCUT2D eigenvalue weighted by atomic mass is 9.71. The molecule has 2 fully saturated rings. The summed E-state index contributed by atoms with van der Waals surface area (Å²) in [4.78, 5) is 0. The third-order valence-corrected chi connectivity index (χ3v) is 9.57. The summed E-state index contributed by atoms with van der Waals surface area (Å²) in [6.45, 7) is 5.49. The molecule has 1 heteroatoms. The van der Waals surface area contributed by atoms with Gasteiger partial charge >= 0.3 is 0 Å². The van der Waals surface area contributed by atoms with Crippen molar-refractivity contribution in [1.29, 1.82) is 0 Å². The Balaban J connectivity index is 1.15. The highest BCUT2D eigenvalue weighted by Gasteiger charge is 2.28. The molecule has 0 heterocycles. The molecule has 3 aliphatic carbocycles. The molecule has 0 N–H and O–H groups in total. The fraction of sp³-hybridized carbons (Fsp3) is 0.758. The molecule has 2 unspecified atom stereocenters. The van der Waals surface area contributed by atoms with E-state index in [2.05, 4.69) is 50.3 Å². The number of unbranched alkanes of at least 4 members (excludes halogenated alkanes) is 2. The highest BCUT2D eigenvalue weighted by Crippen LogP contribution is 2.40. The molecule has 0 radical (unpaired) electrons. The average Bonchev–Trinajstić information content (AvgIpc) is 2.89. The molecule has 0 amide bonds. The fourth-order valence-electron chi connectivity index (χ4n) is 7.25. The predicted molar refractivity (Wildman–Crippen MR) is 146 cm³/mol. The molecule has 0 spiro atoms. The van der Waals surface area contributed by atoms with Crippen LogP contribution in [0.15, 0.2) is 36.4 Å². The molecule has 4 rings (SSSR count). The minimum absolute atomic E-state index is 0.593. The molecule has 2 saturated carbocycles. The van der Waals surface area contributed by atoms with E-state index in [0.717, 1.165) is 41.9 Å². The van der Waals surface area contributed by atoms with E-state index in [0.29, 0.717) is 5.92 Å². The van der Waals surface area contributed by atoms with Gasteiger partial charge in [-0.2, -0.15) is 0 Å². The number of allylic oxidation sites excluding steroid dienone is 1. The van der Waals surface area contributed by atoms with Crippen LogP contribution in [-0.2, 0) is 0 Å². The van der Waals surface area contributed by atoms with Gasteiger partial charge in [0.1, 0.15) is 5.75 Å². The van der Waals surface area contributed by atoms with Crippen molar-refractivity contribution < 1.29 is 4.74 Å². The van der Waals surface area contributed by atoms with Crippen LogP contribution in [0.4, 0.5) is 0 Å². The number of hydrogen-bond acceptors (Lipinski definition) is 1. The van der Waals surface area contributed by atoms with Crippen molar-refractivity contribution in [1.82, 2.24) is 0 Å². The van der Waals surface area contributed by atoms with E-state index in [4.69, 9.17) is 4.74 Å². The maximum atomic E-state index is 6.23. The Kier molecular flexibility index (Phi) is 10.4. The number of rotatable bonds is 11. The first-order chi connectivity index (χ1) is 16.7.